The minimum Gasteiger partial charge on any atom is -0.389 e. The summed E-state index contributed by atoms with van der Waals surface area (Å²) >= 11 is 0. The van der Waals surface area contributed by atoms with E-state index in [9.17, 15) is 5.11 Å². The van der Waals surface area contributed by atoms with E-state index in [1.807, 2.05) is 0 Å². The van der Waals surface area contributed by atoms with Crippen LogP contribution in [-0.4, -0.2) is 36.8 Å². The first kappa shape index (κ1) is 12.1. The van der Waals surface area contributed by atoms with Crippen molar-refractivity contribution in [1.29, 1.82) is 0 Å². The van der Waals surface area contributed by atoms with E-state index in [1.54, 1.807) is 14.0 Å². The normalized spacial score (nSPS) is 42.0. The maximum absolute atomic E-state index is 9.35. The molecule has 3 N–H and O–H groups in total. The molecule has 74 valence electrons. The molecule has 4 atom stereocenters. The van der Waals surface area contributed by atoms with Crippen LogP contribution in [0, 0.1) is 0 Å². The van der Waals surface area contributed by atoms with E-state index in [0.29, 0.717) is 6.42 Å². The van der Waals surface area contributed by atoms with Gasteiger partial charge in [0.2, 0.25) is 0 Å². The molecular weight excluding hydrogens is 182 g/mol. The van der Waals surface area contributed by atoms with Crippen LogP contribution in [0.2, 0.25) is 0 Å². The molecular formula is C7H16ClNO3. The summed E-state index contributed by atoms with van der Waals surface area (Å²) < 4.78 is 10.2. The Morgan fingerprint density at radius 3 is 2.58 bits per heavy atom. The van der Waals surface area contributed by atoms with E-state index in [0.717, 1.165) is 0 Å². The summed E-state index contributed by atoms with van der Waals surface area (Å²) in [4.78, 5) is 0. The first-order valence-electron chi connectivity index (χ1n) is 3.77. The molecule has 0 aromatic rings. The number of hydrogen-bond acceptors (Lipinski definition) is 4. The monoisotopic (exact) mass is 197 g/mol. The fourth-order valence-corrected chi connectivity index (χ4v) is 1.24. The van der Waals surface area contributed by atoms with Crippen LogP contribution in [0.5, 0.6) is 0 Å². The number of halogens is 1. The molecule has 1 fully saturated rings. The molecule has 0 aromatic heterocycles. The van der Waals surface area contributed by atoms with Crippen LogP contribution in [0.1, 0.15) is 13.3 Å². The van der Waals surface area contributed by atoms with Gasteiger partial charge in [-0.05, 0) is 6.92 Å². The van der Waals surface area contributed by atoms with E-state index in [-0.39, 0.29) is 30.8 Å². The van der Waals surface area contributed by atoms with Crippen molar-refractivity contribution in [3.63, 3.8) is 0 Å². The second-order valence-corrected chi connectivity index (χ2v) is 2.90. The summed E-state index contributed by atoms with van der Waals surface area (Å²) in [6.45, 7) is 1.79. The van der Waals surface area contributed by atoms with Gasteiger partial charge in [-0.1, -0.05) is 0 Å². The third kappa shape index (κ3) is 2.57. The highest BCUT2D eigenvalue weighted by Gasteiger charge is 2.32. The molecule has 1 aliphatic heterocycles. The van der Waals surface area contributed by atoms with E-state index >= 15 is 0 Å². The van der Waals surface area contributed by atoms with Gasteiger partial charge in [-0.15, -0.1) is 12.4 Å². The van der Waals surface area contributed by atoms with Crippen molar-refractivity contribution in [2.45, 2.75) is 37.9 Å². The Kier molecular flexibility index (Phi) is 5.04. The van der Waals surface area contributed by atoms with Gasteiger partial charge < -0.3 is 20.3 Å². The topological polar surface area (TPSA) is 64.7 Å². The predicted octanol–water partition coefficient (Wildman–Crippen LogP) is -0.122. The van der Waals surface area contributed by atoms with Crippen LogP contribution in [0.3, 0.4) is 0 Å². The molecule has 0 saturated carbocycles. The summed E-state index contributed by atoms with van der Waals surface area (Å²) in [6, 6.07) is -0.233. The van der Waals surface area contributed by atoms with Crippen LogP contribution in [0.15, 0.2) is 0 Å². The minimum absolute atomic E-state index is 0. The number of hydrogen-bond donors (Lipinski definition) is 2. The molecule has 1 aliphatic rings. The summed E-state index contributed by atoms with van der Waals surface area (Å²) in [5, 5.41) is 9.35. The Labute approximate surface area is 78.4 Å². The van der Waals surface area contributed by atoms with Crippen molar-refractivity contribution in [3.8, 4) is 0 Å². The standard InChI is InChI=1S/C7H15NO3.ClH/c1-4-7(9)5(8)3-6(10-2)11-4;/h4-7,9H,3,8H2,1-2H3;1H/t4-,5-,6?,7+;/m0./s1. The van der Waals surface area contributed by atoms with Gasteiger partial charge in [0, 0.05) is 19.6 Å². The van der Waals surface area contributed by atoms with Gasteiger partial charge in [0.15, 0.2) is 6.29 Å². The van der Waals surface area contributed by atoms with Gasteiger partial charge in [0.25, 0.3) is 0 Å². The smallest absolute Gasteiger partial charge is 0.159 e. The van der Waals surface area contributed by atoms with E-state index in [1.165, 1.54) is 0 Å². The van der Waals surface area contributed by atoms with Crippen LogP contribution in [-0.2, 0) is 9.47 Å². The van der Waals surface area contributed by atoms with E-state index in [2.05, 4.69) is 0 Å². The highest BCUT2D eigenvalue weighted by molar-refractivity contribution is 5.85. The second-order valence-electron chi connectivity index (χ2n) is 2.90. The molecule has 0 aliphatic carbocycles. The number of ether oxygens (including phenoxy) is 2. The average molecular weight is 198 g/mol. The lowest BCUT2D eigenvalue weighted by Gasteiger charge is -2.35. The van der Waals surface area contributed by atoms with Gasteiger partial charge in [0.05, 0.1) is 12.2 Å². The third-order valence-electron chi connectivity index (χ3n) is 2.01. The average Bonchev–Trinajstić information content (AvgIpc) is 1.99. The lowest BCUT2D eigenvalue weighted by atomic mass is 10.0. The number of methoxy groups -OCH3 is 1. The summed E-state index contributed by atoms with van der Waals surface area (Å²) in [5.74, 6) is 0. The maximum Gasteiger partial charge on any atom is 0.159 e. The van der Waals surface area contributed by atoms with Crippen molar-refractivity contribution in [2.75, 3.05) is 7.11 Å². The minimum atomic E-state index is -0.568. The second kappa shape index (κ2) is 4.99. The largest absolute Gasteiger partial charge is 0.389 e. The SMILES string of the molecule is COC1C[C@H](N)[C@H](O)[C@H](C)O1.Cl. The van der Waals surface area contributed by atoms with Crippen molar-refractivity contribution < 1.29 is 14.6 Å². The summed E-state index contributed by atoms with van der Waals surface area (Å²) in [5.41, 5.74) is 5.62. The van der Waals surface area contributed by atoms with Gasteiger partial charge in [-0.2, -0.15) is 0 Å². The molecule has 0 bridgehead atoms. The Morgan fingerprint density at radius 2 is 2.17 bits per heavy atom. The first-order valence-corrected chi connectivity index (χ1v) is 3.77. The lowest BCUT2D eigenvalue weighted by Crippen LogP contribution is -2.51. The molecule has 1 saturated heterocycles. The van der Waals surface area contributed by atoms with Crippen molar-refractivity contribution in [1.82, 2.24) is 0 Å². The molecule has 5 heteroatoms. The zero-order chi connectivity index (χ0) is 8.43. The molecule has 4 nitrogen and oxygen atoms in total. The molecule has 1 unspecified atom stereocenters. The summed E-state index contributed by atoms with van der Waals surface area (Å²) in [7, 11) is 1.57. The van der Waals surface area contributed by atoms with Crippen LogP contribution in [0.25, 0.3) is 0 Å². The zero-order valence-corrected chi connectivity index (χ0v) is 8.08. The van der Waals surface area contributed by atoms with Crippen LogP contribution >= 0.6 is 12.4 Å². The molecule has 1 heterocycles. The summed E-state index contributed by atoms with van der Waals surface area (Å²) in [6.07, 6.45) is -0.504. The highest BCUT2D eigenvalue weighted by Crippen LogP contribution is 2.18. The third-order valence-corrected chi connectivity index (χ3v) is 2.01. The van der Waals surface area contributed by atoms with Crippen molar-refractivity contribution >= 4 is 12.4 Å². The number of aliphatic hydroxyl groups excluding tert-OH is 1. The molecule has 0 radical (unpaired) electrons. The maximum atomic E-state index is 9.35. The Bertz CT molecular complexity index is 124. The molecule has 12 heavy (non-hydrogen) atoms. The zero-order valence-electron chi connectivity index (χ0n) is 7.27. The van der Waals surface area contributed by atoms with E-state index in [4.69, 9.17) is 15.2 Å². The van der Waals surface area contributed by atoms with Crippen LogP contribution < -0.4 is 5.73 Å². The van der Waals surface area contributed by atoms with Crippen LogP contribution in [0.4, 0.5) is 0 Å². The molecule has 1 rings (SSSR count). The van der Waals surface area contributed by atoms with E-state index < -0.39 is 6.10 Å². The van der Waals surface area contributed by atoms with Crippen molar-refractivity contribution in [2.24, 2.45) is 5.73 Å². The lowest BCUT2D eigenvalue weighted by molar-refractivity contribution is -0.211. The quantitative estimate of drug-likeness (QED) is 0.615. The number of nitrogens with two attached hydrogens (primary N) is 1. The number of rotatable bonds is 1. The van der Waals surface area contributed by atoms with Gasteiger partial charge in [0.1, 0.15) is 0 Å². The van der Waals surface area contributed by atoms with Gasteiger partial charge in [-0.3, -0.25) is 0 Å². The first-order chi connectivity index (χ1) is 5.15. The highest BCUT2D eigenvalue weighted by atomic mass is 35.5. The fourth-order valence-electron chi connectivity index (χ4n) is 1.24. The Balaban J connectivity index is 0.00000121. The Hall–Kier alpha value is 0.130. The molecule has 0 spiro atoms. The Morgan fingerprint density at radius 1 is 1.58 bits per heavy atom. The predicted molar refractivity (Wildman–Crippen MR) is 47.2 cm³/mol. The van der Waals surface area contributed by atoms with Crippen molar-refractivity contribution in [3.05, 3.63) is 0 Å². The van der Waals surface area contributed by atoms with Gasteiger partial charge >= 0.3 is 0 Å². The molecule has 0 aromatic carbocycles. The number of aliphatic hydroxyl groups is 1. The van der Waals surface area contributed by atoms with Gasteiger partial charge in [-0.25, -0.2) is 0 Å². The fraction of sp³-hybridized carbons (Fsp3) is 1.00. The molecule has 0 amide bonds.